The first-order chi connectivity index (χ1) is 12.2. The molecule has 0 fully saturated rings. The molecule has 0 aliphatic rings. The van der Waals surface area contributed by atoms with Gasteiger partial charge in [-0.3, -0.25) is 0 Å². The number of fused-ring (bicyclic) bond motifs is 1. The summed E-state index contributed by atoms with van der Waals surface area (Å²) in [6.07, 6.45) is 4.25. The van der Waals surface area contributed by atoms with E-state index in [9.17, 15) is 0 Å². The summed E-state index contributed by atoms with van der Waals surface area (Å²) >= 11 is 0. The molecule has 0 radical (unpaired) electrons. The van der Waals surface area contributed by atoms with Crippen LogP contribution in [0.3, 0.4) is 0 Å². The third-order valence-electron chi connectivity index (χ3n) is 4.91. The van der Waals surface area contributed by atoms with Crippen molar-refractivity contribution >= 4 is 10.8 Å². The minimum atomic E-state index is 1.22. The molecule has 4 aromatic rings. The summed E-state index contributed by atoms with van der Waals surface area (Å²) in [5.41, 5.74) is 6.27. The molecule has 0 unspecified atom stereocenters. The third-order valence-corrected chi connectivity index (χ3v) is 4.91. The predicted octanol–water partition coefficient (Wildman–Crippen LogP) is 4.22. The molecule has 0 amide bonds. The molecule has 2 nitrogen and oxygen atoms in total. The van der Waals surface area contributed by atoms with Gasteiger partial charge in [-0.05, 0) is 30.5 Å². The second-order valence-corrected chi connectivity index (χ2v) is 6.53. The predicted molar refractivity (Wildman–Crippen MR) is 102 cm³/mol. The normalized spacial score (nSPS) is 11.0. The highest BCUT2D eigenvalue weighted by Gasteiger charge is 2.23. The minimum Gasteiger partial charge on any atom is -0.201 e. The molecule has 4 rings (SSSR count). The van der Waals surface area contributed by atoms with E-state index in [0.717, 1.165) is 0 Å². The van der Waals surface area contributed by atoms with Crippen molar-refractivity contribution in [1.29, 1.82) is 0 Å². The van der Waals surface area contributed by atoms with Gasteiger partial charge in [-0.2, -0.15) is 4.57 Å². The molecule has 25 heavy (non-hydrogen) atoms. The Kier molecular flexibility index (Phi) is 3.81. The lowest BCUT2D eigenvalue weighted by Crippen LogP contribution is -2.35. The van der Waals surface area contributed by atoms with E-state index in [0.29, 0.717) is 0 Å². The highest BCUT2D eigenvalue weighted by atomic mass is 15.0. The summed E-state index contributed by atoms with van der Waals surface area (Å²) in [6, 6.07) is 23.6. The molecule has 122 valence electrons. The maximum Gasteiger partial charge on any atom is 0.222 e. The summed E-state index contributed by atoms with van der Waals surface area (Å²) < 4.78 is 4.48. The Hall–Kier alpha value is -3.00. The second-order valence-electron chi connectivity index (χ2n) is 6.53. The van der Waals surface area contributed by atoms with Crippen molar-refractivity contribution in [2.75, 3.05) is 0 Å². The topological polar surface area (TPSA) is 7.76 Å². The van der Waals surface area contributed by atoms with Gasteiger partial charge in [0.2, 0.25) is 11.4 Å². The van der Waals surface area contributed by atoms with Gasteiger partial charge in [0.05, 0.1) is 10.9 Å². The van der Waals surface area contributed by atoms with Crippen LogP contribution in [-0.4, -0.2) is 0 Å². The largest absolute Gasteiger partial charge is 0.222 e. The van der Waals surface area contributed by atoms with Crippen molar-refractivity contribution in [3.63, 3.8) is 0 Å². The first-order valence-corrected chi connectivity index (χ1v) is 8.62. The van der Waals surface area contributed by atoms with Gasteiger partial charge in [0, 0.05) is 36.8 Å². The first-order valence-electron chi connectivity index (χ1n) is 8.62. The molecule has 2 heterocycles. The number of benzene rings is 2. The first kappa shape index (κ1) is 15.5. The Morgan fingerprint density at radius 2 is 1.48 bits per heavy atom. The molecule has 0 saturated heterocycles. The molecule has 2 aromatic heterocycles. The zero-order valence-corrected chi connectivity index (χ0v) is 14.9. The fraction of sp³-hybridized carbons (Fsp3) is 0.130. The van der Waals surface area contributed by atoms with Gasteiger partial charge in [-0.25, -0.2) is 4.57 Å². The number of pyridine rings is 2. The van der Waals surface area contributed by atoms with Crippen LogP contribution >= 0.6 is 0 Å². The van der Waals surface area contributed by atoms with Gasteiger partial charge >= 0.3 is 0 Å². The zero-order valence-electron chi connectivity index (χ0n) is 14.9. The van der Waals surface area contributed by atoms with Crippen LogP contribution in [0.5, 0.6) is 0 Å². The van der Waals surface area contributed by atoms with E-state index in [4.69, 9.17) is 0 Å². The summed E-state index contributed by atoms with van der Waals surface area (Å²) in [6.45, 7) is 4.38. The van der Waals surface area contributed by atoms with Crippen LogP contribution in [0.2, 0.25) is 0 Å². The monoisotopic (exact) mass is 326 g/mol. The van der Waals surface area contributed by atoms with Crippen LogP contribution < -0.4 is 9.13 Å². The van der Waals surface area contributed by atoms with Gasteiger partial charge in [0.1, 0.15) is 7.05 Å². The highest BCUT2D eigenvalue weighted by Crippen LogP contribution is 2.31. The molecule has 0 atom stereocenters. The zero-order chi connectivity index (χ0) is 17.4. The quantitative estimate of drug-likeness (QED) is 0.487. The Bertz CT molecular complexity index is 1080. The molecule has 2 aromatic carbocycles. The smallest absolute Gasteiger partial charge is 0.201 e. The summed E-state index contributed by atoms with van der Waals surface area (Å²) in [7, 11) is 2.10. The molecule has 0 aliphatic carbocycles. The molecule has 0 saturated carbocycles. The average Bonchev–Trinajstić information content (AvgIpc) is 2.63. The number of aryl methyl sites for hydroxylation is 2. The van der Waals surface area contributed by atoms with Crippen LogP contribution in [-0.2, 0) is 7.05 Å². The van der Waals surface area contributed by atoms with Crippen molar-refractivity contribution in [3.05, 3.63) is 90.4 Å². The molecule has 0 aliphatic heterocycles. The van der Waals surface area contributed by atoms with Crippen LogP contribution in [0, 0.1) is 13.8 Å². The lowest BCUT2D eigenvalue weighted by Gasteiger charge is -2.11. The van der Waals surface area contributed by atoms with E-state index in [2.05, 4.69) is 109 Å². The average molecular weight is 326 g/mol. The minimum absolute atomic E-state index is 1.22. The molecular formula is C23H22N2+2. The van der Waals surface area contributed by atoms with Crippen LogP contribution in [0.15, 0.2) is 79.1 Å². The van der Waals surface area contributed by atoms with E-state index in [-0.39, 0.29) is 0 Å². The van der Waals surface area contributed by atoms with Crippen LogP contribution in [0.4, 0.5) is 0 Å². The van der Waals surface area contributed by atoms with Gasteiger partial charge in [0.25, 0.3) is 0 Å². The van der Waals surface area contributed by atoms with E-state index >= 15 is 0 Å². The lowest BCUT2D eigenvalue weighted by molar-refractivity contribution is -0.660. The summed E-state index contributed by atoms with van der Waals surface area (Å²) in [5, 5.41) is 2.54. The number of nitrogens with zero attached hydrogens (tertiary/aromatic N) is 2. The standard InChI is InChI=1S/C23H22N2/c1-17-10-6-9-15-25(17)23-18(2)21(22-13-7-8-14-24(22)3)16-19-11-4-5-12-20(19)23/h4-16H,1-3H3/q+2. The van der Waals surface area contributed by atoms with Gasteiger partial charge in [0.15, 0.2) is 18.1 Å². The fourth-order valence-corrected chi connectivity index (χ4v) is 3.59. The number of hydrogen-bond acceptors (Lipinski definition) is 0. The van der Waals surface area contributed by atoms with Crippen molar-refractivity contribution in [1.82, 2.24) is 0 Å². The van der Waals surface area contributed by atoms with Crippen molar-refractivity contribution in [2.45, 2.75) is 13.8 Å². The molecule has 2 heteroatoms. The van der Waals surface area contributed by atoms with Crippen molar-refractivity contribution in [3.8, 4) is 16.9 Å². The summed E-state index contributed by atoms with van der Waals surface area (Å²) in [4.78, 5) is 0. The van der Waals surface area contributed by atoms with E-state index in [1.165, 1.54) is 39.0 Å². The Balaban J connectivity index is 2.13. The van der Waals surface area contributed by atoms with Gasteiger partial charge in [-0.1, -0.05) is 24.3 Å². The maximum atomic E-state index is 2.31. The maximum absolute atomic E-state index is 2.31. The fourth-order valence-electron chi connectivity index (χ4n) is 3.59. The molecule has 0 spiro atoms. The van der Waals surface area contributed by atoms with Crippen LogP contribution in [0.25, 0.3) is 27.7 Å². The van der Waals surface area contributed by atoms with Gasteiger partial charge in [-0.15, -0.1) is 0 Å². The summed E-state index contributed by atoms with van der Waals surface area (Å²) in [5.74, 6) is 0. The number of aromatic nitrogens is 2. The van der Waals surface area contributed by atoms with Crippen LogP contribution in [0.1, 0.15) is 11.3 Å². The Morgan fingerprint density at radius 3 is 2.28 bits per heavy atom. The SMILES string of the molecule is Cc1c(-c2cccc[n+]2C)cc2ccccc2c1-[n+]1ccccc1C. The van der Waals surface area contributed by atoms with Crippen molar-refractivity contribution in [2.24, 2.45) is 7.05 Å². The van der Waals surface area contributed by atoms with E-state index in [1.807, 2.05) is 0 Å². The highest BCUT2D eigenvalue weighted by molar-refractivity contribution is 5.94. The third kappa shape index (κ3) is 2.60. The lowest BCUT2D eigenvalue weighted by atomic mass is 9.96. The Morgan fingerprint density at radius 1 is 0.760 bits per heavy atom. The van der Waals surface area contributed by atoms with E-state index < -0.39 is 0 Å². The molecule has 0 N–H and O–H groups in total. The van der Waals surface area contributed by atoms with Gasteiger partial charge < -0.3 is 0 Å². The molecule has 0 bridgehead atoms. The Labute approximate surface area is 148 Å². The van der Waals surface area contributed by atoms with Crippen molar-refractivity contribution < 1.29 is 9.13 Å². The van der Waals surface area contributed by atoms with E-state index in [1.54, 1.807) is 0 Å². The molecular weight excluding hydrogens is 304 g/mol. The number of hydrogen-bond donors (Lipinski definition) is 0. The number of rotatable bonds is 2. The second kappa shape index (κ2) is 6.14.